The number of anilines is 3. The molecule has 4 nitrogen and oxygen atoms in total. The second kappa shape index (κ2) is 6.67. The molecule has 1 heterocycles. The van der Waals surface area contributed by atoms with Crippen molar-refractivity contribution in [3.8, 4) is 11.3 Å². The maximum absolute atomic E-state index is 6.08. The van der Waals surface area contributed by atoms with Crippen LogP contribution in [0.15, 0.2) is 60.7 Å². The first-order chi connectivity index (χ1) is 11.1. The van der Waals surface area contributed by atoms with Crippen molar-refractivity contribution in [1.29, 1.82) is 0 Å². The quantitative estimate of drug-likeness (QED) is 0.712. The summed E-state index contributed by atoms with van der Waals surface area (Å²) < 4.78 is 0. The average Bonchev–Trinajstić information content (AvgIpc) is 2.55. The molecule has 116 valence electrons. The van der Waals surface area contributed by atoms with Crippen LogP contribution < -0.4 is 10.2 Å². The van der Waals surface area contributed by atoms with Crippen LogP contribution >= 0.6 is 11.6 Å². The molecule has 2 aromatic carbocycles. The molecular weight excluding hydrogens is 308 g/mol. The van der Waals surface area contributed by atoms with Crippen molar-refractivity contribution < 1.29 is 0 Å². The summed E-state index contributed by atoms with van der Waals surface area (Å²) in [5, 5.41) is 3.51. The van der Waals surface area contributed by atoms with Crippen molar-refractivity contribution in [3.05, 3.63) is 65.9 Å². The van der Waals surface area contributed by atoms with Crippen molar-refractivity contribution in [2.45, 2.75) is 0 Å². The van der Waals surface area contributed by atoms with E-state index in [-0.39, 0.29) is 5.28 Å². The van der Waals surface area contributed by atoms with Gasteiger partial charge >= 0.3 is 0 Å². The van der Waals surface area contributed by atoms with E-state index in [1.54, 1.807) is 0 Å². The van der Waals surface area contributed by atoms with Crippen LogP contribution in [0, 0.1) is 0 Å². The van der Waals surface area contributed by atoms with E-state index < -0.39 is 0 Å². The lowest BCUT2D eigenvalue weighted by molar-refractivity contribution is 1.13. The molecule has 0 atom stereocenters. The number of rotatable bonds is 4. The normalized spacial score (nSPS) is 10.4. The van der Waals surface area contributed by atoms with Crippen molar-refractivity contribution >= 4 is 28.8 Å². The number of benzene rings is 2. The van der Waals surface area contributed by atoms with Crippen molar-refractivity contribution in [2.75, 3.05) is 24.3 Å². The maximum atomic E-state index is 6.08. The third-order valence-corrected chi connectivity index (χ3v) is 3.57. The van der Waals surface area contributed by atoms with Gasteiger partial charge in [0.2, 0.25) is 5.28 Å². The first-order valence-corrected chi connectivity index (χ1v) is 7.64. The zero-order valence-electron chi connectivity index (χ0n) is 13.0. The van der Waals surface area contributed by atoms with Crippen molar-refractivity contribution in [1.82, 2.24) is 9.97 Å². The molecule has 0 spiro atoms. The summed E-state index contributed by atoms with van der Waals surface area (Å²) in [5.74, 6) is 0.666. The Labute approximate surface area is 140 Å². The minimum Gasteiger partial charge on any atom is -0.378 e. The molecule has 0 radical (unpaired) electrons. The Morgan fingerprint density at radius 3 is 2.43 bits per heavy atom. The van der Waals surface area contributed by atoms with Crippen LogP contribution in [0.5, 0.6) is 0 Å². The van der Waals surface area contributed by atoms with Crippen LogP contribution in [-0.4, -0.2) is 24.1 Å². The summed E-state index contributed by atoms with van der Waals surface area (Å²) in [6, 6.07) is 19.9. The van der Waals surface area contributed by atoms with Crippen LogP contribution in [-0.2, 0) is 0 Å². The van der Waals surface area contributed by atoms with Gasteiger partial charge in [-0.25, -0.2) is 9.97 Å². The van der Waals surface area contributed by atoms with Crippen molar-refractivity contribution in [2.24, 2.45) is 0 Å². The van der Waals surface area contributed by atoms with E-state index in [0.717, 1.165) is 22.6 Å². The first-order valence-electron chi connectivity index (χ1n) is 7.26. The maximum Gasteiger partial charge on any atom is 0.224 e. The van der Waals surface area contributed by atoms with E-state index in [1.807, 2.05) is 73.6 Å². The largest absolute Gasteiger partial charge is 0.378 e. The Bertz CT molecular complexity index is 803. The predicted octanol–water partition coefficient (Wildman–Crippen LogP) is 4.61. The third kappa shape index (κ3) is 3.79. The molecule has 5 heteroatoms. The third-order valence-electron chi connectivity index (χ3n) is 3.40. The van der Waals surface area contributed by atoms with Gasteiger partial charge in [0.1, 0.15) is 5.82 Å². The fourth-order valence-corrected chi connectivity index (χ4v) is 2.43. The van der Waals surface area contributed by atoms with Crippen LogP contribution in [0.3, 0.4) is 0 Å². The number of nitrogens with zero attached hydrogens (tertiary/aromatic N) is 3. The molecule has 0 unspecified atom stereocenters. The highest BCUT2D eigenvalue weighted by molar-refractivity contribution is 6.28. The summed E-state index contributed by atoms with van der Waals surface area (Å²) in [5.41, 5.74) is 3.85. The lowest BCUT2D eigenvalue weighted by Crippen LogP contribution is -2.08. The van der Waals surface area contributed by atoms with Gasteiger partial charge in [-0.3, -0.25) is 0 Å². The van der Waals surface area contributed by atoms with Crippen molar-refractivity contribution in [3.63, 3.8) is 0 Å². The minimum absolute atomic E-state index is 0.220. The summed E-state index contributed by atoms with van der Waals surface area (Å²) >= 11 is 6.08. The Morgan fingerprint density at radius 2 is 1.70 bits per heavy atom. The molecule has 0 amide bonds. The standard InChI is InChI=1S/C18H17ClN4/c1-23(2)15-10-6-9-14(11-15)20-17-12-16(21-18(19)22-17)13-7-4-3-5-8-13/h3-12H,1-2H3,(H,20,21,22). The zero-order valence-corrected chi connectivity index (χ0v) is 13.7. The van der Waals surface area contributed by atoms with Gasteiger partial charge in [-0.2, -0.15) is 0 Å². The number of hydrogen-bond donors (Lipinski definition) is 1. The van der Waals surface area contributed by atoms with Gasteiger partial charge in [0.25, 0.3) is 0 Å². The Kier molecular flexibility index (Phi) is 4.44. The van der Waals surface area contributed by atoms with Crippen LogP contribution in [0.4, 0.5) is 17.2 Å². The minimum atomic E-state index is 0.220. The Hall–Kier alpha value is -2.59. The highest BCUT2D eigenvalue weighted by Crippen LogP contribution is 2.25. The van der Waals surface area contributed by atoms with Gasteiger partial charge in [0.05, 0.1) is 5.69 Å². The second-order valence-corrected chi connectivity index (χ2v) is 5.68. The van der Waals surface area contributed by atoms with E-state index in [1.165, 1.54) is 0 Å². The molecule has 0 aliphatic carbocycles. The van der Waals surface area contributed by atoms with Gasteiger partial charge in [0, 0.05) is 37.1 Å². The van der Waals surface area contributed by atoms with E-state index in [0.29, 0.717) is 5.82 Å². The molecule has 3 rings (SSSR count). The molecule has 0 aliphatic heterocycles. The molecule has 1 N–H and O–H groups in total. The van der Waals surface area contributed by atoms with Gasteiger partial charge in [-0.15, -0.1) is 0 Å². The average molecular weight is 325 g/mol. The van der Waals surface area contributed by atoms with E-state index in [4.69, 9.17) is 11.6 Å². The molecule has 1 aromatic heterocycles. The fraction of sp³-hybridized carbons (Fsp3) is 0.111. The van der Waals surface area contributed by atoms with Crippen LogP contribution in [0.1, 0.15) is 0 Å². The summed E-state index contributed by atoms with van der Waals surface area (Å²) in [7, 11) is 4.02. The topological polar surface area (TPSA) is 41.0 Å². The SMILES string of the molecule is CN(C)c1cccc(Nc2cc(-c3ccccc3)nc(Cl)n2)c1. The molecule has 3 aromatic rings. The molecule has 0 saturated heterocycles. The van der Waals surface area contributed by atoms with E-state index >= 15 is 0 Å². The molecule has 0 fully saturated rings. The molecule has 0 bridgehead atoms. The Balaban J connectivity index is 1.92. The van der Waals surface area contributed by atoms with E-state index in [9.17, 15) is 0 Å². The smallest absolute Gasteiger partial charge is 0.224 e. The number of aromatic nitrogens is 2. The molecule has 0 saturated carbocycles. The zero-order chi connectivity index (χ0) is 16.2. The lowest BCUT2D eigenvalue weighted by Gasteiger charge is -2.14. The predicted molar refractivity (Wildman–Crippen MR) is 96.5 cm³/mol. The van der Waals surface area contributed by atoms with Crippen LogP contribution in [0.25, 0.3) is 11.3 Å². The highest BCUT2D eigenvalue weighted by Gasteiger charge is 2.06. The first kappa shape index (κ1) is 15.3. The monoisotopic (exact) mass is 324 g/mol. The number of hydrogen-bond acceptors (Lipinski definition) is 4. The van der Waals surface area contributed by atoms with Gasteiger partial charge in [0.15, 0.2) is 0 Å². The second-order valence-electron chi connectivity index (χ2n) is 5.34. The Morgan fingerprint density at radius 1 is 0.913 bits per heavy atom. The summed E-state index contributed by atoms with van der Waals surface area (Å²) in [4.78, 5) is 10.6. The number of nitrogens with one attached hydrogen (secondary N) is 1. The highest BCUT2D eigenvalue weighted by atomic mass is 35.5. The summed E-state index contributed by atoms with van der Waals surface area (Å²) in [6.45, 7) is 0. The van der Waals surface area contributed by atoms with Gasteiger partial charge in [-0.1, -0.05) is 36.4 Å². The lowest BCUT2D eigenvalue weighted by atomic mass is 10.1. The number of halogens is 1. The summed E-state index contributed by atoms with van der Waals surface area (Å²) in [6.07, 6.45) is 0. The van der Waals surface area contributed by atoms with E-state index in [2.05, 4.69) is 21.4 Å². The van der Waals surface area contributed by atoms with Crippen LogP contribution in [0.2, 0.25) is 5.28 Å². The van der Waals surface area contributed by atoms with Gasteiger partial charge < -0.3 is 10.2 Å². The molecular formula is C18H17ClN4. The molecule has 0 aliphatic rings. The van der Waals surface area contributed by atoms with Gasteiger partial charge in [-0.05, 0) is 29.8 Å². The molecule has 23 heavy (non-hydrogen) atoms. The fourth-order valence-electron chi connectivity index (χ4n) is 2.25.